The van der Waals surface area contributed by atoms with Crippen molar-refractivity contribution < 1.29 is 15.0 Å². The van der Waals surface area contributed by atoms with Gasteiger partial charge in [-0.05, 0) is 44.9 Å². The van der Waals surface area contributed by atoms with Gasteiger partial charge in [0, 0.05) is 6.42 Å². The molecule has 0 aromatic rings. The van der Waals surface area contributed by atoms with Crippen LogP contribution >= 0.6 is 0 Å². The van der Waals surface area contributed by atoms with Gasteiger partial charge in [0.2, 0.25) is 5.91 Å². The number of carbonyl (C=O) groups excluding carboxylic acids is 1. The molecule has 2 unspecified atom stereocenters. The highest BCUT2D eigenvalue weighted by Gasteiger charge is 2.18. The van der Waals surface area contributed by atoms with Crippen molar-refractivity contribution in [3.63, 3.8) is 0 Å². The second kappa shape index (κ2) is 58.2. The smallest absolute Gasteiger partial charge is 0.220 e. The fourth-order valence-corrected chi connectivity index (χ4v) is 9.77. The molecule has 0 saturated carbocycles. The Morgan fingerprint density at radius 1 is 0.348 bits per heavy atom. The van der Waals surface area contributed by atoms with E-state index in [9.17, 15) is 15.0 Å². The first-order valence-electron chi connectivity index (χ1n) is 30.6. The Hall–Kier alpha value is -1.13. The molecule has 0 fully saturated rings. The summed E-state index contributed by atoms with van der Waals surface area (Å²) < 4.78 is 0. The van der Waals surface area contributed by atoms with Gasteiger partial charge in [0.05, 0.1) is 18.8 Å². The average Bonchev–Trinajstić information content (AvgIpc) is 3.32. The van der Waals surface area contributed by atoms with Crippen LogP contribution in [0.15, 0.2) is 24.3 Å². The normalized spacial score (nSPS) is 12.8. The van der Waals surface area contributed by atoms with Crippen molar-refractivity contribution in [2.75, 3.05) is 6.61 Å². The summed E-state index contributed by atoms with van der Waals surface area (Å²) >= 11 is 0. The monoisotopic (exact) mass is 928 g/mol. The topological polar surface area (TPSA) is 69.6 Å². The van der Waals surface area contributed by atoms with E-state index in [1.165, 1.54) is 302 Å². The van der Waals surface area contributed by atoms with Gasteiger partial charge in [-0.1, -0.05) is 321 Å². The Labute approximate surface area is 415 Å². The van der Waals surface area contributed by atoms with Gasteiger partial charge in [0.1, 0.15) is 0 Å². The molecular weight excluding hydrogens is 807 g/mol. The number of hydrogen-bond acceptors (Lipinski definition) is 3. The minimum atomic E-state index is -0.837. The molecule has 0 saturated heterocycles. The van der Waals surface area contributed by atoms with E-state index >= 15 is 0 Å². The predicted octanol–water partition coefficient (Wildman–Crippen LogP) is 20.3. The van der Waals surface area contributed by atoms with E-state index in [1.54, 1.807) is 6.08 Å². The lowest BCUT2D eigenvalue weighted by atomic mass is 10.0. The summed E-state index contributed by atoms with van der Waals surface area (Å²) in [7, 11) is 0. The third-order valence-electron chi connectivity index (χ3n) is 14.4. The standard InChI is InChI=1S/C62H121NO3/c1-3-5-7-9-11-13-15-17-19-21-23-24-25-26-27-28-29-30-31-32-33-34-35-36-37-38-40-42-44-46-48-50-52-54-56-58-62(66)63-60(59-64)61(65)57-55-53-51-49-47-45-43-41-39-22-20-18-16-14-12-10-8-6-4-2/h28-29,55,57,60-61,64-65H,3-27,30-54,56,58-59H2,1-2H3,(H,63,66)/b29-28-,57-55+. The first kappa shape index (κ1) is 64.9. The number of allylic oxidation sites excluding steroid dienone is 3. The number of nitrogens with one attached hydrogen (secondary N) is 1. The van der Waals surface area contributed by atoms with Gasteiger partial charge in [0.25, 0.3) is 0 Å². The van der Waals surface area contributed by atoms with Crippen LogP contribution in [0.25, 0.3) is 0 Å². The quantitative estimate of drug-likeness (QED) is 0.0420. The molecule has 2 atom stereocenters. The van der Waals surface area contributed by atoms with Crippen LogP contribution in [0.4, 0.5) is 0 Å². The molecule has 0 aromatic heterocycles. The zero-order valence-corrected chi connectivity index (χ0v) is 45.2. The summed E-state index contributed by atoms with van der Waals surface area (Å²) in [5.74, 6) is -0.0571. The van der Waals surface area contributed by atoms with E-state index in [2.05, 4.69) is 31.3 Å². The summed E-state index contributed by atoms with van der Waals surface area (Å²) in [6.07, 6.45) is 78.0. The lowest BCUT2D eigenvalue weighted by molar-refractivity contribution is -0.123. The van der Waals surface area contributed by atoms with Crippen molar-refractivity contribution in [1.82, 2.24) is 5.32 Å². The van der Waals surface area contributed by atoms with Crippen molar-refractivity contribution in [2.45, 2.75) is 360 Å². The van der Waals surface area contributed by atoms with E-state index in [1.807, 2.05) is 6.08 Å². The third-order valence-corrected chi connectivity index (χ3v) is 14.4. The molecule has 3 N–H and O–H groups in total. The molecular formula is C62H121NO3. The van der Waals surface area contributed by atoms with Gasteiger partial charge in [0.15, 0.2) is 0 Å². The maximum atomic E-state index is 12.5. The molecule has 0 radical (unpaired) electrons. The van der Waals surface area contributed by atoms with Gasteiger partial charge >= 0.3 is 0 Å². The number of aliphatic hydroxyl groups excluding tert-OH is 2. The second-order valence-electron chi connectivity index (χ2n) is 21.1. The molecule has 0 spiro atoms. The second-order valence-corrected chi connectivity index (χ2v) is 21.1. The average molecular weight is 929 g/mol. The number of aliphatic hydroxyl groups is 2. The SMILES string of the molecule is CCCCCCCCCCCCCCCC/C=C\CCCCCCCCCCCCCCCCCCCC(=O)NC(CO)C(O)/C=C/CCCCCCCCCCCCCCCCCCC. The summed E-state index contributed by atoms with van der Waals surface area (Å²) in [6, 6.07) is -0.620. The Balaban J connectivity index is 3.41. The molecule has 4 nitrogen and oxygen atoms in total. The van der Waals surface area contributed by atoms with Crippen LogP contribution in [0.2, 0.25) is 0 Å². The molecule has 0 aliphatic rings. The number of hydrogen-bond donors (Lipinski definition) is 3. The zero-order valence-electron chi connectivity index (χ0n) is 45.2. The number of carbonyl (C=O) groups is 1. The molecule has 0 aliphatic heterocycles. The van der Waals surface area contributed by atoms with Gasteiger partial charge < -0.3 is 15.5 Å². The Morgan fingerprint density at radius 2 is 0.576 bits per heavy atom. The van der Waals surface area contributed by atoms with Crippen LogP contribution in [0, 0.1) is 0 Å². The highest BCUT2D eigenvalue weighted by atomic mass is 16.3. The maximum absolute atomic E-state index is 12.5. The van der Waals surface area contributed by atoms with Crippen LogP contribution in [-0.4, -0.2) is 34.9 Å². The molecule has 1 amide bonds. The fraction of sp³-hybridized carbons (Fsp3) is 0.919. The Bertz CT molecular complexity index is 963. The van der Waals surface area contributed by atoms with Crippen LogP contribution in [0.5, 0.6) is 0 Å². The van der Waals surface area contributed by atoms with Crippen molar-refractivity contribution in [1.29, 1.82) is 0 Å². The predicted molar refractivity (Wildman–Crippen MR) is 295 cm³/mol. The van der Waals surface area contributed by atoms with Crippen LogP contribution in [-0.2, 0) is 4.79 Å². The molecule has 0 heterocycles. The summed E-state index contributed by atoms with van der Waals surface area (Å²) in [5.41, 5.74) is 0. The number of rotatable bonds is 57. The zero-order chi connectivity index (χ0) is 47.7. The Kier molecular flexibility index (Phi) is 57.2. The van der Waals surface area contributed by atoms with E-state index < -0.39 is 12.1 Å². The molecule has 0 bridgehead atoms. The highest BCUT2D eigenvalue weighted by molar-refractivity contribution is 5.76. The van der Waals surface area contributed by atoms with E-state index in [4.69, 9.17) is 0 Å². The van der Waals surface area contributed by atoms with E-state index in [-0.39, 0.29) is 12.5 Å². The third kappa shape index (κ3) is 53.8. The van der Waals surface area contributed by atoms with Gasteiger partial charge in [-0.15, -0.1) is 0 Å². The molecule has 0 rings (SSSR count). The summed E-state index contributed by atoms with van der Waals surface area (Å²) in [6.45, 7) is 4.35. The van der Waals surface area contributed by atoms with Crippen molar-refractivity contribution in [2.24, 2.45) is 0 Å². The fourth-order valence-electron chi connectivity index (χ4n) is 9.77. The van der Waals surface area contributed by atoms with Crippen LogP contribution < -0.4 is 5.32 Å². The Morgan fingerprint density at radius 3 is 0.833 bits per heavy atom. The van der Waals surface area contributed by atoms with Gasteiger partial charge in [-0.25, -0.2) is 0 Å². The first-order valence-corrected chi connectivity index (χ1v) is 30.6. The minimum Gasteiger partial charge on any atom is -0.394 e. The van der Waals surface area contributed by atoms with Gasteiger partial charge in [-0.3, -0.25) is 4.79 Å². The molecule has 66 heavy (non-hydrogen) atoms. The molecule has 0 aromatic carbocycles. The van der Waals surface area contributed by atoms with Crippen LogP contribution in [0.3, 0.4) is 0 Å². The summed E-state index contributed by atoms with van der Waals surface area (Å²) in [5, 5.41) is 23.2. The highest BCUT2D eigenvalue weighted by Crippen LogP contribution is 2.18. The van der Waals surface area contributed by atoms with Crippen molar-refractivity contribution >= 4 is 5.91 Å². The summed E-state index contributed by atoms with van der Waals surface area (Å²) in [4.78, 5) is 12.5. The maximum Gasteiger partial charge on any atom is 0.220 e. The van der Waals surface area contributed by atoms with Crippen molar-refractivity contribution in [3.8, 4) is 0 Å². The minimum absolute atomic E-state index is 0.0571. The van der Waals surface area contributed by atoms with E-state index in [0.29, 0.717) is 6.42 Å². The van der Waals surface area contributed by atoms with E-state index in [0.717, 1.165) is 25.7 Å². The van der Waals surface area contributed by atoms with Crippen molar-refractivity contribution in [3.05, 3.63) is 24.3 Å². The lowest BCUT2D eigenvalue weighted by Crippen LogP contribution is -2.45. The molecule has 4 heteroatoms. The number of unbranched alkanes of at least 4 members (excludes halogenated alkanes) is 48. The molecule has 0 aliphatic carbocycles. The largest absolute Gasteiger partial charge is 0.394 e. The van der Waals surface area contributed by atoms with Crippen LogP contribution in [0.1, 0.15) is 348 Å². The molecule has 392 valence electrons. The number of amides is 1. The lowest BCUT2D eigenvalue weighted by Gasteiger charge is -2.20. The first-order chi connectivity index (χ1) is 32.7. The van der Waals surface area contributed by atoms with Gasteiger partial charge in [-0.2, -0.15) is 0 Å².